The third-order valence-corrected chi connectivity index (χ3v) is 7.16. The van der Waals surface area contributed by atoms with Gasteiger partial charge in [0.25, 0.3) is 0 Å². The fraction of sp³-hybridized carbons (Fsp3) is 0.0435. The molecule has 0 saturated heterocycles. The molecule has 1 aliphatic rings. The smallest absolute Gasteiger partial charge is 0.363 e. The van der Waals surface area contributed by atoms with Gasteiger partial charge in [0, 0.05) is 18.1 Å². The van der Waals surface area contributed by atoms with Gasteiger partial charge in [-0.3, -0.25) is 0 Å². The first-order valence-electron chi connectivity index (χ1n) is 8.93. The predicted octanol–water partition coefficient (Wildman–Crippen LogP) is 6.74. The maximum absolute atomic E-state index is 12.2. The van der Waals surface area contributed by atoms with Crippen molar-refractivity contribution in [1.29, 1.82) is 0 Å². The molecule has 7 heteroatoms. The summed E-state index contributed by atoms with van der Waals surface area (Å²) in [6.07, 6.45) is 1.70. The van der Waals surface area contributed by atoms with E-state index in [1.165, 1.54) is 0 Å². The van der Waals surface area contributed by atoms with Gasteiger partial charge < -0.3 is 9.47 Å². The summed E-state index contributed by atoms with van der Waals surface area (Å²) in [6.45, 7) is 0.485. The highest BCUT2D eigenvalue weighted by atomic mass is 127. The summed E-state index contributed by atoms with van der Waals surface area (Å²) in [7, 11) is 0. The van der Waals surface area contributed by atoms with Gasteiger partial charge >= 0.3 is 5.97 Å². The van der Waals surface area contributed by atoms with Gasteiger partial charge in [0.1, 0.15) is 12.4 Å². The molecule has 0 bridgehead atoms. The van der Waals surface area contributed by atoms with Crippen LogP contribution < -0.4 is 4.74 Å². The van der Waals surface area contributed by atoms with Gasteiger partial charge in [-0.15, -0.1) is 0 Å². The van der Waals surface area contributed by atoms with Crippen molar-refractivity contribution in [2.45, 2.75) is 6.61 Å². The summed E-state index contributed by atoms with van der Waals surface area (Å²) < 4.78 is 14.2. The molecule has 1 aliphatic heterocycles. The highest BCUT2D eigenvalue weighted by molar-refractivity contribution is 14.1. The molecule has 4 nitrogen and oxygen atoms in total. The second kappa shape index (κ2) is 9.45. The fourth-order valence-corrected chi connectivity index (χ4v) is 3.71. The number of hydrogen-bond acceptors (Lipinski definition) is 4. The highest BCUT2D eigenvalue weighted by Crippen LogP contribution is 2.25. The first kappa shape index (κ1) is 21.3. The Morgan fingerprint density at radius 2 is 1.73 bits per heavy atom. The molecule has 30 heavy (non-hydrogen) atoms. The van der Waals surface area contributed by atoms with Crippen molar-refractivity contribution in [3.05, 3.63) is 102 Å². The number of carbonyl (C=O) groups is 1. The lowest BCUT2D eigenvalue weighted by Crippen LogP contribution is -2.05. The number of nitrogens with zero attached hydrogens (tertiary/aromatic N) is 1. The first-order chi connectivity index (χ1) is 14.5. The van der Waals surface area contributed by atoms with Crippen molar-refractivity contribution >= 4 is 72.4 Å². The monoisotopic (exact) mass is 637 g/mol. The van der Waals surface area contributed by atoms with E-state index in [1.807, 2.05) is 66.7 Å². The molecule has 0 amide bonds. The largest absolute Gasteiger partial charge is 0.489 e. The van der Waals surface area contributed by atoms with Gasteiger partial charge in [-0.25, -0.2) is 9.79 Å². The second-order valence-electron chi connectivity index (χ2n) is 6.45. The van der Waals surface area contributed by atoms with Crippen molar-refractivity contribution in [3.63, 3.8) is 0 Å². The summed E-state index contributed by atoms with van der Waals surface area (Å²) in [5, 5.41) is 0. The zero-order valence-corrected chi connectivity index (χ0v) is 20.8. The Kier molecular flexibility index (Phi) is 6.70. The van der Waals surface area contributed by atoms with Gasteiger partial charge in [0.2, 0.25) is 5.90 Å². The molecule has 0 spiro atoms. The molecule has 0 unspecified atom stereocenters. The Bertz CT molecular complexity index is 1160. The lowest BCUT2D eigenvalue weighted by Gasteiger charge is -2.06. The average molecular weight is 639 g/mol. The van der Waals surface area contributed by atoms with Crippen molar-refractivity contribution in [3.8, 4) is 5.75 Å². The number of hydrogen-bond donors (Lipinski definition) is 0. The van der Waals surface area contributed by atoms with E-state index in [2.05, 4.69) is 59.4 Å². The SMILES string of the molecule is O=C1OC(c2ccc(I)c(Br)c2)=N/C1=C\c1ccc(OCc2ccc(Br)cc2)cc1. The van der Waals surface area contributed by atoms with Crippen LogP contribution in [-0.2, 0) is 16.1 Å². The van der Waals surface area contributed by atoms with Gasteiger partial charge in [-0.1, -0.05) is 40.2 Å². The second-order valence-corrected chi connectivity index (χ2v) is 9.38. The molecular weight excluding hydrogens is 625 g/mol. The molecule has 3 aromatic rings. The normalized spacial score (nSPS) is 14.6. The van der Waals surface area contributed by atoms with Gasteiger partial charge in [-0.05, 0) is 98.2 Å². The molecule has 150 valence electrons. The summed E-state index contributed by atoms with van der Waals surface area (Å²) >= 11 is 9.13. The fourth-order valence-electron chi connectivity index (χ4n) is 2.73. The van der Waals surface area contributed by atoms with Crippen LogP contribution in [0, 0.1) is 3.57 Å². The molecule has 0 aliphatic carbocycles. The summed E-state index contributed by atoms with van der Waals surface area (Å²) in [6, 6.07) is 21.2. The molecule has 3 aromatic carbocycles. The van der Waals surface area contributed by atoms with Crippen molar-refractivity contribution < 1.29 is 14.3 Å². The van der Waals surface area contributed by atoms with Crippen LogP contribution in [0.25, 0.3) is 6.08 Å². The van der Waals surface area contributed by atoms with E-state index in [4.69, 9.17) is 9.47 Å². The van der Waals surface area contributed by atoms with Crippen LogP contribution in [0.15, 0.2) is 86.4 Å². The number of cyclic esters (lactones) is 1. The Morgan fingerprint density at radius 1 is 1.00 bits per heavy atom. The number of esters is 1. The minimum absolute atomic E-state index is 0.267. The average Bonchev–Trinajstić information content (AvgIpc) is 3.11. The number of rotatable bonds is 5. The molecule has 0 radical (unpaired) electrons. The zero-order chi connectivity index (χ0) is 21.1. The first-order valence-corrected chi connectivity index (χ1v) is 11.6. The topological polar surface area (TPSA) is 47.9 Å². The molecule has 0 aromatic heterocycles. The Morgan fingerprint density at radius 3 is 2.43 bits per heavy atom. The number of aliphatic imine (C=N–C) groups is 1. The Labute approximate surface area is 204 Å². The summed E-state index contributed by atoms with van der Waals surface area (Å²) in [5.41, 5.74) is 2.94. The lowest BCUT2D eigenvalue weighted by molar-refractivity contribution is -0.129. The number of carbonyl (C=O) groups excluding carboxylic acids is 1. The van der Waals surface area contributed by atoms with E-state index in [0.29, 0.717) is 12.5 Å². The van der Waals surface area contributed by atoms with Gasteiger partial charge in [0.15, 0.2) is 5.70 Å². The van der Waals surface area contributed by atoms with Gasteiger partial charge in [-0.2, -0.15) is 0 Å². The minimum Gasteiger partial charge on any atom is -0.489 e. The predicted molar refractivity (Wildman–Crippen MR) is 132 cm³/mol. The molecule has 4 rings (SSSR count). The quantitative estimate of drug-likeness (QED) is 0.177. The van der Waals surface area contributed by atoms with Crippen molar-refractivity contribution in [2.75, 3.05) is 0 Å². The van der Waals surface area contributed by atoms with Crippen LogP contribution in [0.4, 0.5) is 0 Å². The van der Waals surface area contributed by atoms with Crippen LogP contribution in [0.5, 0.6) is 5.75 Å². The molecule has 1 heterocycles. The number of benzene rings is 3. The van der Waals surface area contributed by atoms with E-state index < -0.39 is 5.97 Å². The van der Waals surface area contributed by atoms with E-state index in [0.717, 1.165) is 35.0 Å². The lowest BCUT2D eigenvalue weighted by atomic mass is 10.2. The molecule has 0 fully saturated rings. The van der Waals surface area contributed by atoms with Crippen molar-refractivity contribution in [1.82, 2.24) is 0 Å². The minimum atomic E-state index is -0.463. The highest BCUT2D eigenvalue weighted by Gasteiger charge is 2.24. The summed E-state index contributed by atoms with van der Waals surface area (Å²) in [5.74, 6) is 0.593. The third kappa shape index (κ3) is 5.19. The zero-order valence-electron chi connectivity index (χ0n) is 15.4. The summed E-state index contributed by atoms with van der Waals surface area (Å²) in [4.78, 5) is 16.6. The molecule has 0 saturated carbocycles. The van der Waals surface area contributed by atoms with Crippen LogP contribution in [0.3, 0.4) is 0 Å². The number of halogens is 3. The van der Waals surface area contributed by atoms with E-state index in [1.54, 1.807) is 6.08 Å². The van der Waals surface area contributed by atoms with E-state index >= 15 is 0 Å². The van der Waals surface area contributed by atoms with Crippen molar-refractivity contribution in [2.24, 2.45) is 4.99 Å². The maximum Gasteiger partial charge on any atom is 0.363 e. The van der Waals surface area contributed by atoms with E-state index in [-0.39, 0.29) is 5.70 Å². The third-order valence-electron chi connectivity index (χ3n) is 4.29. The van der Waals surface area contributed by atoms with Crippen LogP contribution >= 0.6 is 54.5 Å². The van der Waals surface area contributed by atoms with Gasteiger partial charge in [0.05, 0.1) is 0 Å². The number of ether oxygens (including phenoxy) is 2. The van der Waals surface area contributed by atoms with Crippen LogP contribution in [0.2, 0.25) is 0 Å². The maximum atomic E-state index is 12.2. The molecular formula is C23H14Br2INO3. The van der Waals surface area contributed by atoms with E-state index in [9.17, 15) is 4.79 Å². The standard InChI is InChI=1S/C23H14Br2INO3/c24-17-6-1-15(2-7-17)13-29-18-8-3-14(4-9-18)11-21-23(28)30-22(27-21)16-5-10-20(26)19(25)12-16/h1-12H,13H2/b21-11-. The van der Waals surface area contributed by atoms with Crippen LogP contribution in [-0.4, -0.2) is 11.9 Å². The molecule has 0 N–H and O–H groups in total. The molecule has 0 atom stereocenters. The Hall–Kier alpha value is -1.97. The van der Waals surface area contributed by atoms with Crippen LogP contribution in [0.1, 0.15) is 16.7 Å². The Balaban J connectivity index is 1.46.